The fraction of sp³-hybridized carbons (Fsp3) is 0.222. The van der Waals surface area contributed by atoms with Crippen LogP contribution in [-0.2, 0) is 0 Å². The number of ether oxygens (including phenoxy) is 1. The summed E-state index contributed by atoms with van der Waals surface area (Å²) >= 11 is 3.22. The van der Waals surface area contributed by atoms with E-state index in [2.05, 4.69) is 15.9 Å². The van der Waals surface area contributed by atoms with Gasteiger partial charge in [0.25, 0.3) is 0 Å². The summed E-state index contributed by atoms with van der Waals surface area (Å²) in [6, 6.07) is 3.05. The van der Waals surface area contributed by atoms with Crippen LogP contribution < -0.4 is 4.74 Å². The molecule has 0 bridgehead atoms. The highest BCUT2D eigenvalue weighted by atomic mass is 79.9. The summed E-state index contributed by atoms with van der Waals surface area (Å²) < 4.78 is 18.7. The molecule has 0 unspecified atom stereocenters. The van der Waals surface area contributed by atoms with Gasteiger partial charge >= 0.3 is 0 Å². The van der Waals surface area contributed by atoms with Gasteiger partial charge < -0.3 is 4.74 Å². The predicted octanol–water partition coefficient (Wildman–Crippen LogP) is 2.78. The van der Waals surface area contributed by atoms with E-state index in [1.54, 1.807) is 13.0 Å². The summed E-state index contributed by atoms with van der Waals surface area (Å²) in [4.78, 5) is 0. The number of rotatable bonds is 1. The van der Waals surface area contributed by atoms with Crippen molar-refractivity contribution in [3.63, 3.8) is 0 Å². The molecule has 0 aliphatic heterocycles. The molecule has 4 heteroatoms. The normalized spacial score (nSPS) is 9.46. The number of hydrogen-bond donors (Lipinski definition) is 0. The van der Waals surface area contributed by atoms with Crippen molar-refractivity contribution in [1.29, 1.82) is 5.26 Å². The third-order valence-electron chi connectivity index (χ3n) is 1.67. The van der Waals surface area contributed by atoms with Crippen molar-refractivity contribution in [1.82, 2.24) is 0 Å². The lowest BCUT2D eigenvalue weighted by atomic mass is 10.1. The van der Waals surface area contributed by atoms with E-state index in [-0.39, 0.29) is 11.3 Å². The second-order valence-corrected chi connectivity index (χ2v) is 3.30. The van der Waals surface area contributed by atoms with Crippen molar-refractivity contribution in [2.24, 2.45) is 0 Å². The fourth-order valence-corrected chi connectivity index (χ4v) is 1.49. The van der Waals surface area contributed by atoms with Crippen LogP contribution in [0.25, 0.3) is 0 Å². The van der Waals surface area contributed by atoms with Gasteiger partial charge in [-0.15, -0.1) is 0 Å². The topological polar surface area (TPSA) is 33.0 Å². The number of benzene rings is 1. The van der Waals surface area contributed by atoms with Gasteiger partial charge in [-0.2, -0.15) is 5.26 Å². The maximum absolute atomic E-state index is 13.2. The summed E-state index contributed by atoms with van der Waals surface area (Å²) in [6.45, 7) is 1.73. The van der Waals surface area contributed by atoms with E-state index in [9.17, 15) is 4.39 Å². The van der Waals surface area contributed by atoms with Gasteiger partial charge in [-0.1, -0.05) is 0 Å². The second kappa shape index (κ2) is 3.75. The largest absolute Gasteiger partial charge is 0.494 e. The van der Waals surface area contributed by atoms with E-state index in [1.165, 1.54) is 13.2 Å². The van der Waals surface area contributed by atoms with Crippen LogP contribution in [0.3, 0.4) is 0 Å². The fourth-order valence-electron chi connectivity index (χ4n) is 1.02. The number of hydrogen-bond acceptors (Lipinski definition) is 2. The minimum Gasteiger partial charge on any atom is -0.494 e. The minimum atomic E-state index is -0.556. The Morgan fingerprint density at radius 2 is 2.23 bits per heavy atom. The molecule has 0 heterocycles. The molecule has 0 radical (unpaired) electrons. The Labute approximate surface area is 84.1 Å². The molecule has 13 heavy (non-hydrogen) atoms. The van der Waals surface area contributed by atoms with Crippen LogP contribution in [0.1, 0.15) is 11.1 Å². The van der Waals surface area contributed by atoms with Gasteiger partial charge in [0.2, 0.25) is 0 Å². The Hall–Kier alpha value is -1.08. The lowest BCUT2D eigenvalue weighted by molar-refractivity contribution is 0.406. The molecular weight excluding hydrogens is 237 g/mol. The Kier molecular flexibility index (Phi) is 2.89. The minimum absolute atomic E-state index is 0.0695. The van der Waals surface area contributed by atoms with E-state index in [4.69, 9.17) is 10.00 Å². The molecule has 0 atom stereocenters. The van der Waals surface area contributed by atoms with Crippen LogP contribution in [-0.4, -0.2) is 7.11 Å². The highest BCUT2D eigenvalue weighted by molar-refractivity contribution is 9.10. The van der Waals surface area contributed by atoms with Gasteiger partial charge in [0, 0.05) is 0 Å². The number of methoxy groups -OCH3 is 1. The highest BCUT2D eigenvalue weighted by Gasteiger charge is 2.14. The third-order valence-corrected chi connectivity index (χ3v) is 2.66. The molecule has 0 spiro atoms. The first-order chi connectivity index (χ1) is 6.11. The first-order valence-electron chi connectivity index (χ1n) is 3.54. The van der Waals surface area contributed by atoms with Crippen molar-refractivity contribution in [2.45, 2.75) is 6.92 Å². The molecule has 0 saturated carbocycles. The molecule has 0 aliphatic rings. The molecule has 0 amide bonds. The van der Waals surface area contributed by atoms with Gasteiger partial charge in [-0.25, -0.2) is 4.39 Å². The van der Waals surface area contributed by atoms with E-state index < -0.39 is 5.82 Å². The molecular formula is C9H7BrFNO. The van der Waals surface area contributed by atoms with Gasteiger partial charge in [0.05, 0.1) is 11.6 Å². The Balaban J connectivity index is 3.53. The quantitative estimate of drug-likeness (QED) is 0.760. The van der Waals surface area contributed by atoms with Gasteiger partial charge in [0.15, 0.2) is 5.75 Å². The summed E-state index contributed by atoms with van der Waals surface area (Å²) in [5.74, 6) is -0.306. The number of nitriles is 1. The SMILES string of the molecule is COc1c(Br)c(C)cc(F)c1C#N. The molecule has 0 N–H and O–H groups in total. The zero-order chi connectivity index (χ0) is 10.0. The zero-order valence-electron chi connectivity index (χ0n) is 7.19. The first kappa shape index (κ1) is 10.0. The summed E-state index contributed by atoms with van der Waals surface area (Å²) in [5, 5.41) is 8.65. The van der Waals surface area contributed by atoms with Crippen molar-refractivity contribution < 1.29 is 9.13 Å². The summed E-state index contributed by atoms with van der Waals surface area (Å²) in [7, 11) is 1.40. The van der Waals surface area contributed by atoms with Crippen LogP contribution in [0.4, 0.5) is 4.39 Å². The maximum Gasteiger partial charge on any atom is 0.154 e. The van der Waals surface area contributed by atoms with Gasteiger partial charge in [-0.05, 0) is 34.5 Å². The zero-order valence-corrected chi connectivity index (χ0v) is 8.77. The molecule has 68 valence electrons. The Morgan fingerprint density at radius 3 is 2.69 bits per heavy atom. The molecule has 1 aromatic rings. The lowest BCUT2D eigenvalue weighted by Crippen LogP contribution is -1.95. The predicted molar refractivity (Wildman–Crippen MR) is 50.1 cm³/mol. The summed E-state index contributed by atoms with van der Waals surface area (Å²) in [6.07, 6.45) is 0. The number of halogens is 2. The number of aryl methyl sites for hydroxylation is 1. The Bertz CT molecular complexity index is 384. The van der Waals surface area contributed by atoms with Gasteiger partial charge in [0.1, 0.15) is 17.4 Å². The van der Waals surface area contributed by atoms with Crippen LogP contribution in [0.5, 0.6) is 5.75 Å². The van der Waals surface area contributed by atoms with Crippen LogP contribution in [0.15, 0.2) is 10.5 Å². The monoisotopic (exact) mass is 243 g/mol. The maximum atomic E-state index is 13.2. The highest BCUT2D eigenvalue weighted by Crippen LogP contribution is 2.33. The molecule has 0 fully saturated rings. The van der Waals surface area contributed by atoms with E-state index in [0.717, 1.165) is 0 Å². The average Bonchev–Trinajstić information content (AvgIpc) is 2.10. The second-order valence-electron chi connectivity index (χ2n) is 2.51. The molecule has 2 nitrogen and oxygen atoms in total. The van der Waals surface area contributed by atoms with Crippen molar-refractivity contribution in [2.75, 3.05) is 7.11 Å². The molecule has 0 aromatic heterocycles. The standard InChI is InChI=1S/C9H7BrFNO/c1-5-3-7(11)6(4-12)9(13-2)8(5)10/h3H,1-2H3. The van der Waals surface area contributed by atoms with Crippen molar-refractivity contribution >= 4 is 15.9 Å². The molecule has 0 aliphatic carbocycles. The molecule has 1 rings (SSSR count). The van der Waals surface area contributed by atoms with Crippen LogP contribution in [0, 0.1) is 24.1 Å². The van der Waals surface area contributed by atoms with Crippen molar-refractivity contribution in [3.05, 3.63) is 27.5 Å². The third kappa shape index (κ3) is 1.65. The van der Waals surface area contributed by atoms with Crippen molar-refractivity contribution in [3.8, 4) is 11.8 Å². The van der Waals surface area contributed by atoms with E-state index in [0.29, 0.717) is 10.0 Å². The lowest BCUT2D eigenvalue weighted by Gasteiger charge is -2.08. The molecule has 0 saturated heterocycles. The number of nitrogens with zero attached hydrogens (tertiary/aromatic N) is 1. The smallest absolute Gasteiger partial charge is 0.154 e. The first-order valence-corrected chi connectivity index (χ1v) is 4.33. The van der Waals surface area contributed by atoms with E-state index >= 15 is 0 Å². The average molecular weight is 244 g/mol. The van der Waals surface area contributed by atoms with Gasteiger partial charge in [-0.3, -0.25) is 0 Å². The summed E-state index contributed by atoms with van der Waals surface area (Å²) in [5.41, 5.74) is 0.633. The Morgan fingerprint density at radius 1 is 1.62 bits per heavy atom. The van der Waals surface area contributed by atoms with Crippen LogP contribution in [0.2, 0.25) is 0 Å². The molecule has 1 aromatic carbocycles. The van der Waals surface area contributed by atoms with Crippen LogP contribution >= 0.6 is 15.9 Å². The van der Waals surface area contributed by atoms with E-state index in [1.807, 2.05) is 0 Å².